The maximum absolute atomic E-state index is 14.8. The molecule has 2 aromatic carbocycles. The van der Waals surface area contributed by atoms with Crippen molar-refractivity contribution in [1.82, 2.24) is 19.8 Å². The number of halogens is 2. The highest BCUT2D eigenvalue weighted by Crippen LogP contribution is 2.39. The summed E-state index contributed by atoms with van der Waals surface area (Å²) >= 11 is 0. The lowest BCUT2D eigenvalue weighted by atomic mass is 9.84. The minimum atomic E-state index is -1.09. The van der Waals surface area contributed by atoms with Gasteiger partial charge in [-0.2, -0.15) is 0 Å². The Bertz CT molecular complexity index is 1390. The highest BCUT2D eigenvalue weighted by molar-refractivity contribution is 5.82. The largest absolute Gasteiger partial charge is 0.437 e. The van der Waals surface area contributed by atoms with Crippen LogP contribution in [0.1, 0.15) is 51.5 Å². The van der Waals surface area contributed by atoms with Crippen LogP contribution in [0.3, 0.4) is 0 Å². The van der Waals surface area contributed by atoms with Crippen LogP contribution in [0.15, 0.2) is 54.7 Å². The lowest BCUT2D eigenvalue weighted by Crippen LogP contribution is -2.45. The van der Waals surface area contributed by atoms with Gasteiger partial charge in [-0.3, -0.25) is 9.59 Å². The number of ether oxygens (including phenoxy) is 1. The molecule has 3 amide bonds. The molecule has 2 atom stereocenters. The molecule has 0 unspecified atom stereocenters. The number of aromatic nitrogens is 2. The first kappa shape index (κ1) is 32.2. The van der Waals surface area contributed by atoms with Gasteiger partial charge in [-0.1, -0.05) is 51.1 Å². The Hall–Kier alpha value is -4.32. The number of nitrogens with two attached hydrogens (primary N) is 1. The van der Waals surface area contributed by atoms with Crippen molar-refractivity contribution < 1.29 is 33.0 Å². The van der Waals surface area contributed by atoms with Crippen LogP contribution in [0.25, 0.3) is 11.3 Å². The molecular formula is C30H37F2N5O5. The maximum atomic E-state index is 14.8. The third-order valence-electron chi connectivity index (χ3n) is 6.58. The third-order valence-corrected chi connectivity index (χ3v) is 6.58. The number of benzene rings is 2. The Balaban J connectivity index is 2.00. The zero-order valence-electron chi connectivity index (χ0n) is 24.1. The van der Waals surface area contributed by atoms with Gasteiger partial charge in [0, 0.05) is 31.4 Å². The average molecular weight is 586 g/mol. The van der Waals surface area contributed by atoms with Gasteiger partial charge in [0.1, 0.15) is 24.1 Å². The van der Waals surface area contributed by atoms with E-state index in [0.29, 0.717) is 12.4 Å². The Morgan fingerprint density at radius 1 is 1.14 bits per heavy atom. The number of imidazole rings is 1. The molecule has 0 bridgehead atoms. The number of aliphatic hydroxyl groups is 1. The van der Waals surface area contributed by atoms with Crippen LogP contribution in [0, 0.1) is 17.0 Å². The van der Waals surface area contributed by atoms with Gasteiger partial charge in [-0.15, -0.1) is 0 Å². The normalized spacial score (nSPS) is 12.8. The second-order valence-corrected chi connectivity index (χ2v) is 11.0. The third kappa shape index (κ3) is 8.35. The van der Waals surface area contributed by atoms with E-state index < -0.39 is 53.7 Å². The molecule has 3 aromatic rings. The quantitative estimate of drug-likeness (QED) is 0.277. The molecular weight excluding hydrogens is 548 g/mol. The number of aliphatic hydroxyl groups excluding tert-OH is 1. The van der Waals surface area contributed by atoms with Gasteiger partial charge in [0.05, 0.1) is 11.7 Å². The van der Waals surface area contributed by atoms with E-state index in [1.165, 1.54) is 11.8 Å². The topological polar surface area (TPSA) is 140 Å². The number of amides is 3. The molecule has 0 radical (unpaired) electrons. The molecule has 0 spiro atoms. The summed E-state index contributed by atoms with van der Waals surface area (Å²) in [6.07, 6.45) is -0.250. The summed E-state index contributed by atoms with van der Waals surface area (Å²) < 4.78 is 35.4. The van der Waals surface area contributed by atoms with E-state index in [2.05, 4.69) is 10.1 Å². The van der Waals surface area contributed by atoms with Crippen molar-refractivity contribution in [1.29, 1.82) is 0 Å². The minimum absolute atomic E-state index is 0.0224. The lowest BCUT2D eigenvalue weighted by Gasteiger charge is -2.40. The van der Waals surface area contributed by atoms with Gasteiger partial charge >= 0.3 is 6.09 Å². The smallest absolute Gasteiger partial charge is 0.405 e. The van der Waals surface area contributed by atoms with Crippen molar-refractivity contribution in [2.75, 3.05) is 19.7 Å². The van der Waals surface area contributed by atoms with Crippen LogP contribution in [0.2, 0.25) is 0 Å². The molecule has 1 heterocycles. The Kier molecular flexibility index (Phi) is 10.8. The number of hydrogen-bond donors (Lipinski definition) is 3. The minimum Gasteiger partial charge on any atom is -0.437 e. The molecule has 0 fully saturated rings. The monoisotopic (exact) mass is 585 g/mol. The standard InChI is InChI=1S/C30H37F2N5O5/c1-19(42-29(33)41)28(40)34-13-8-14-37(25(39)18-38)26(30(2,3)4)27-35-24(22-15-21(31)11-12-23(22)32)17-36(27)16-20-9-6-5-7-10-20/h5-7,9-12,15,17,19,26,38H,8,13-14,16,18H2,1-4H3,(H2,33,41)(H,34,40)/t19-,26-/m0/s1. The van der Waals surface area contributed by atoms with E-state index in [1.54, 1.807) is 10.8 Å². The molecule has 0 aliphatic heterocycles. The zero-order valence-corrected chi connectivity index (χ0v) is 24.1. The van der Waals surface area contributed by atoms with Crippen LogP contribution >= 0.6 is 0 Å². The summed E-state index contributed by atoms with van der Waals surface area (Å²) in [6, 6.07) is 11.9. The van der Waals surface area contributed by atoms with Crippen molar-refractivity contribution in [3.8, 4) is 11.3 Å². The van der Waals surface area contributed by atoms with E-state index in [1.807, 2.05) is 51.1 Å². The molecule has 0 aliphatic carbocycles. The van der Waals surface area contributed by atoms with Gasteiger partial charge in [0.25, 0.3) is 5.91 Å². The summed E-state index contributed by atoms with van der Waals surface area (Å²) in [4.78, 5) is 42.5. The van der Waals surface area contributed by atoms with E-state index in [9.17, 15) is 28.3 Å². The van der Waals surface area contributed by atoms with E-state index in [4.69, 9.17) is 10.7 Å². The first-order valence-electron chi connectivity index (χ1n) is 13.5. The van der Waals surface area contributed by atoms with Gasteiger partial charge in [0.15, 0.2) is 6.10 Å². The van der Waals surface area contributed by atoms with Gasteiger partial charge < -0.3 is 30.4 Å². The van der Waals surface area contributed by atoms with E-state index >= 15 is 0 Å². The summed E-state index contributed by atoms with van der Waals surface area (Å²) in [5.74, 6) is -1.97. The number of carbonyl (C=O) groups is 3. The number of nitrogens with zero attached hydrogens (tertiary/aromatic N) is 3. The Morgan fingerprint density at radius 2 is 1.83 bits per heavy atom. The van der Waals surface area contributed by atoms with Crippen molar-refractivity contribution in [2.45, 2.75) is 52.8 Å². The van der Waals surface area contributed by atoms with Crippen LogP contribution in [0.4, 0.5) is 13.6 Å². The second kappa shape index (κ2) is 14.0. The predicted molar refractivity (Wildman–Crippen MR) is 152 cm³/mol. The summed E-state index contributed by atoms with van der Waals surface area (Å²) in [6.45, 7) is 6.92. The number of primary amides is 1. The van der Waals surface area contributed by atoms with Gasteiger partial charge in [-0.25, -0.2) is 18.6 Å². The first-order chi connectivity index (χ1) is 19.8. The molecule has 0 aliphatic rings. The van der Waals surface area contributed by atoms with Crippen LogP contribution < -0.4 is 11.1 Å². The molecule has 4 N–H and O–H groups in total. The molecule has 226 valence electrons. The molecule has 0 saturated heterocycles. The average Bonchev–Trinajstić information content (AvgIpc) is 3.32. The van der Waals surface area contributed by atoms with Crippen molar-refractivity contribution >= 4 is 17.9 Å². The van der Waals surface area contributed by atoms with Gasteiger partial charge in [-0.05, 0) is 42.5 Å². The maximum Gasteiger partial charge on any atom is 0.405 e. The van der Waals surface area contributed by atoms with Crippen LogP contribution in [0.5, 0.6) is 0 Å². The van der Waals surface area contributed by atoms with Crippen molar-refractivity contribution in [3.63, 3.8) is 0 Å². The summed E-state index contributed by atoms with van der Waals surface area (Å²) in [7, 11) is 0. The van der Waals surface area contributed by atoms with Crippen molar-refractivity contribution in [3.05, 3.63) is 77.8 Å². The SMILES string of the molecule is C[C@H](OC(N)=O)C(=O)NCCCN(C(=O)CO)[C@@H](c1nc(-c2cc(F)ccc2F)cn1Cc1ccccc1)C(C)(C)C. The molecule has 1 aromatic heterocycles. The second-order valence-electron chi connectivity index (χ2n) is 11.0. The fourth-order valence-electron chi connectivity index (χ4n) is 4.69. The number of nitrogens with one attached hydrogen (secondary N) is 1. The number of rotatable bonds is 12. The molecule has 12 heteroatoms. The highest BCUT2D eigenvalue weighted by Gasteiger charge is 2.38. The first-order valence-corrected chi connectivity index (χ1v) is 13.5. The number of carbonyl (C=O) groups excluding carboxylic acids is 3. The summed E-state index contributed by atoms with van der Waals surface area (Å²) in [5.41, 5.74) is 5.43. The Labute approximate surface area is 243 Å². The summed E-state index contributed by atoms with van der Waals surface area (Å²) in [5, 5.41) is 12.5. The Morgan fingerprint density at radius 3 is 2.45 bits per heavy atom. The fourth-order valence-corrected chi connectivity index (χ4v) is 4.69. The lowest BCUT2D eigenvalue weighted by molar-refractivity contribution is -0.139. The molecule has 0 saturated carbocycles. The molecule has 3 rings (SSSR count). The molecule has 42 heavy (non-hydrogen) atoms. The van der Waals surface area contributed by atoms with E-state index in [-0.39, 0.29) is 30.8 Å². The van der Waals surface area contributed by atoms with E-state index in [0.717, 1.165) is 23.8 Å². The van der Waals surface area contributed by atoms with Crippen LogP contribution in [-0.2, 0) is 20.9 Å². The van der Waals surface area contributed by atoms with Gasteiger partial charge in [0.2, 0.25) is 5.91 Å². The predicted octanol–water partition coefficient (Wildman–Crippen LogP) is 3.77. The highest BCUT2D eigenvalue weighted by atomic mass is 19.1. The fraction of sp³-hybridized carbons (Fsp3) is 0.400. The zero-order chi connectivity index (χ0) is 31.0. The van der Waals surface area contributed by atoms with Crippen molar-refractivity contribution in [2.24, 2.45) is 11.1 Å². The van der Waals surface area contributed by atoms with Crippen LogP contribution in [-0.4, -0.2) is 63.3 Å². The number of hydrogen-bond acceptors (Lipinski definition) is 6. The molecule has 10 nitrogen and oxygen atoms in total.